The number of nitrogens with zero attached hydrogens (tertiary/aromatic N) is 2. The Kier molecular flexibility index (Phi) is 3.83. The Hall–Kier alpha value is -2.24. The molecule has 0 bridgehead atoms. The van der Waals surface area contributed by atoms with Crippen molar-refractivity contribution in [2.45, 2.75) is 26.3 Å². The molecule has 0 aliphatic rings. The van der Waals surface area contributed by atoms with Crippen LogP contribution in [0.15, 0.2) is 30.6 Å². The highest BCUT2D eigenvalue weighted by Crippen LogP contribution is 2.20. The lowest BCUT2D eigenvalue weighted by atomic mass is 10.1. The van der Waals surface area contributed by atoms with E-state index in [1.165, 1.54) is 12.4 Å². The molecule has 106 valence electrons. The molecule has 1 aromatic heterocycles. The normalized spacial score (nSPS) is 11.2. The van der Waals surface area contributed by atoms with E-state index in [2.05, 4.69) is 20.6 Å². The first kappa shape index (κ1) is 14.2. The lowest BCUT2D eigenvalue weighted by molar-refractivity contribution is 0.509. The number of rotatable bonds is 3. The molecule has 2 aromatic rings. The van der Waals surface area contributed by atoms with Crippen molar-refractivity contribution < 1.29 is 8.78 Å². The summed E-state index contributed by atoms with van der Waals surface area (Å²) in [7, 11) is 0. The van der Waals surface area contributed by atoms with Crippen LogP contribution in [0.3, 0.4) is 0 Å². The van der Waals surface area contributed by atoms with Gasteiger partial charge < -0.3 is 10.6 Å². The van der Waals surface area contributed by atoms with E-state index in [1.807, 2.05) is 20.8 Å². The summed E-state index contributed by atoms with van der Waals surface area (Å²) >= 11 is 0. The number of halogens is 2. The van der Waals surface area contributed by atoms with Crippen LogP contribution < -0.4 is 10.6 Å². The van der Waals surface area contributed by atoms with E-state index in [4.69, 9.17) is 0 Å². The average Bonchev–Trinajstić information content (AvgIpc) is 2.32. The number of hydrogen-bond donors (Lipinski definition) is 2. The quantitative estimate of drug-likeness (QED) is 0.898. The number of nitrogens with one attached hydrogen (secondary N) is 2. The molecular weight excluding hydrogens is 262 g/mol. The molecule has 0 saturated carbocycles. The molecule has 1 aromatic carbocycles. The Morgan fingerprint density at radius 1 is 0.950 bits per heavy atom. The minimum atomic E-state index is -0.905. The van der Waals surface area contributed by atoms with Crippen LogP contribution in [0.5, 0.6) is 0 Å². The number of benzene rings is 1. The lowest BCUT2D eigenvalue weighted by Gasteiger charge is -2.21. The second-order valence-corrected chi connectivity index (χ2v) is 5.42. The van der Waals surface area contributed by atoms with Gasteiger partial charge in [-0.25, -0.2) is 18.7 Å². The van der Waals surface area contributed by atoms with Gasteiger partial charge in [-0.1, -0.05) is 0 Å². The molecule has 0 spiro atoms. The smallest absolute Gasteiger partial charge is 0.160 e. The van der Waals surface area contributed by atoms with Crippen LogP contribution in [0.4, 0.5) is 26.1 Å². The Bertz CT molecular complexity index is 608. The van der Waals surface area contributed by atoms with E-state index >= 15 is 0 Å². The highest BCUT2D eigenvalue weighted by Gasteiger charge is 2.11. The molecule has 0 unspecified atom stereocenters. The molecule has 4 nitrogen and oxygen atoms in total. The van der Waals surface area contributed by atoms with E-state index < -0.39 is 11.6 Å². The van der Waals surface area contributed by atoms with Crippen LogP contribution in [-0.2, 0) is 0 Å². The van der Waals surface area contributed by atoms with Crippen LogP contribution in [0, 0.1) is 11.6 Å². The van der Waals surface area contributed by atoms with Gasteiger partial charge >= 0.3 is 0 Å². The van der Waals surface area contributed by atoms with Gasteiger partial charge in [-0.15, -0.1) is 0 Å². The van der Waals surface area contributed by atoms with Crippen LogP contribution in [0.25, 0.3) is 0 Å². The molecular formula is C14H16F2N4. The molecule has 0 aliphatic carbocycles. The van der Waals surface area contributed by atoms with Gasteiger partial charge in [0.2, 0.25) is 0 Å². The van der Waals surface area contributed by atoms with E-state index in [0.717, 1.165) is 12.1 Å². The first-order valence-electron chi connectivity index (χ1n) is 6.16. The van der Waals surface area contributed by atoms with Gasteiger partial charge in [0.05, 0.1) is 0 Å². The van der Waals surface area contributed by atoms with Crippen molar-refractivity contribution in [2.75, 3.05) is 10.6 Å². The number of anilines is 3. The highest BCUT2D eigenvalue weighted by molar-refractivity contribution is 5.59. The predicted molar refractivity (Wildman–Crippen MR) is 75.0 cm³/mol. The van der Waals surface area contributed by atoms with Gasteiger partial charge in [-0.3, -0.25) is 0 Å². The van der Waals surface area contributed by atoms with Gasteiger partial charge in [-0.05, 0) is 32.9 Å². The summed E-state index contributed by atoms with van der Waals surface area (Å²) in [6, 6.07) is 5.28. The van der Waals surface area contributed by atoms with Gasteiger partial charge in [-0.2, -0.15) is 0 Å². The van der Waals surface area contributed by atoms with Crippen molar-refractivity contribution in [2.24, 2.45) is 0 Å². The summed E-state index contributed by atoms with van der Waals surface area (Å²) in [6.45, 7) is 6.03. The zero-order valence-corrected chi connectivity index (χ0v) is 11.5. The van der Waals surface area contributed by atoms with Gasteiger partial charge in [0.25, 0.3) is 0 Å². The van der Waals surface area contributed by atoms with Crippen molar-refractivity contribution in [3.05, 3.63) is 42.2 Å². The molecule has 2 rings (SSSR count). The van der Waals surface area contributed by atoms with Crippen LogP contribution in [-0.4, -0.2) is 15.5 Å². The van der Waals surface area contributed by atoms with Gasteiger partial charge in [0.1, 0.15) is 18.0 Å². The molecule has 0 radical (unpaired) electrons. The molecule has 6 heteroatoms. The third kappa shape index (κ3) is 3.88. The standard InChI is InChI=1S/C14H16F2N4/c1-14(2,3)20-13-7-12(17-8-18-13)19-9-4-5-10(15)11(16)6-9/h4-8H,1-3H3,(H2,17,18,19,20). The summed E-state index contributed by atoms with van der Waals surface area (Å²) in [5, 5.41) is 6.10. The lowest BCUT2D eigenvalue weighted by Crippen LogP contribution is -2.26. The average molecular weight is 278 g/mol. The fraction of sp³-hybridized carbons (Fsp3) is 0.286. The monoisotopic (exact) mass is 278 g/mol. The van der Waals surface area contributed by atoms with E-state index in [1.54, 1.807) is 6.07 Å². The van der Waals surface area contributed by atoms with E-state index in [9.17, 15) is 8.78 Å². The van der Waals surface area contributed by atoms with Crippen molar-refractivity contribution in [1.82, 2.24) is 9.97 Å². The first-order chi connectivity index (χ1) is 9.33. The molecule has 0 saturated heterocycles. The van der Waals surface area contributed by atoms with Crippen LogP contribution in [0.1, 0.15) is 20.8 Å². The maximum atomic E-state index is 13.1. The highest BCUT2D eigenvalue weighted by atomic mass is 19.2. The topological polar surface area (TPSA) is 49.8 Å². The number of hydrogen-bond acceptors (Lipinski definition) is 4. The van der Waals surface area contributed by atoms with Gasteiger partial charge in [0.15, 0.2) is 11.6 Å². The van der Waals surface area contributed by atoms with Crippen LogP contribution >= 0.6 is 0 Å². The fourth-order valence-corrected chi connectivity index (χ4v) is 1.60. The molecule has 0 amide bonds. The summed E-state index contributed by atoms with van der Waals surface area (Å²) in [4.78, 5) is 8.14. The van der Waals surface area contributed by atoms with Crippen LogP contribution in [0.2, 0.25) is 0 Å². The largest absolute Gasteiger partial charge is 0.365 e. The Labute approximate surface area is 116 Å². The summed E-state index contributed by atoms with van der Waals surface area (Å²) in [6.07, 6.45) is 1.40. The van der Waals surface area contributed by atoms with E-state index in [0.29, 0.717) is 17.3 Å². The molecule has 0 fully saturated rings. The summed E-state index contributed by atoms with van der Waals surface area (Å²) < 4.78 is 26.0. The minimum absolute atomic E-state index is 0.131. The van der Waals surface area contributed by atoms with Crippen molar-refractivity contribution in [3.63, 3.8) is 0 Å². The first-order valence-corrected chi connectivity index (χ1v) is 6.16. The summed E-state index contributed by atoms with van der Waals surface area (Å²) in [5.74, 6) is -0.638. The molecule has 0 aliphatic heterocycles. The second kappa shape index (κ2) is 5.40. The molecule has 1 heterocycles. The zero-order valence-electron chi connectivity index (χ0n) is 11.5. The maximum Gasteiger partial charge on any atom is 0.160 e. The summed E-state index contributed by atoms with van der Waals surface area (Å²) in [5.41, 5.74) is 0.289. The van der Waals surface area contributed by atoms with Crippen molar-refractivity contribution in [1.29, 1.82) is 0 Å². The Morgan fingerprint density at radius 2 is 1.65 bits per heavy atom. The molecule has 20 heavy (non-hydrogen) atoms. The second-order valence-electron chi connectivity index (χ2n) is 5.42. The predicted octanol–water partition coefficient (Wildman–Crippen LogP) is 3.71. The molecule has 2 N–H and O–H groups in total. The molecule has 0 atom stereocenters. The zero-order chi connectivity index (χ0) is 14.8. The van der Waals surface area contributed by atoms with Crippen molar-refractivity contribution in [3.8, 4) is 0 Å². The SMILES string of the molecule is CC(C)(C)Nc1cc(Nc2ccc(F)c(F)c2)ncn1. The minimum Gasteiger partial charge on any atom is -0.365 e. The Balaban J connectivity index is 2.17. The third-order valence-corrected chi connectivity index (χ3v) is 2.36. The van der Waals surface area contributed by atoms with Crippen molar-refractivity contribution >= 4 is 17.3 Å². The maximum absolute atomic E-state index is 13.1. The Morgan fingerprint density at radius 3 is 2.30 bits per heavy atom. The van der Waals surface area contributed by atoms with E-state index in [-0.39, 0.29) is 5.54 Å². The van der Waals surface area contributed by atoms with Gasteiger partial charge in [0, 0.05) is 23.4 Å². The fourth-order valence-electron chi connectivity index (χ4n) is 1.60. The number of aromatic nitrogens is 2. The third-order valence-electron chi connectivity index (χ3n) is 2.36.